The van der Waals surface area contributed by atoms with Crippen LogP contribution in [-0.4, -0.2) is 47.7 Å². The molecule has 2 aromatic rings. The van der Waals surface area contributed by atoms with Gasteiger partial charge < -0.3 is 20.5 Å². The van der Waals surface area contributed by atoms with E-state index in [0.717, 1.165) is 44.0 Å². The number of nitrogens with two attached hydrogens (primary N) is 1. The summed E-state index contributed by atoms with van der Waals surface area (Å²) in [6.07, 6.45) is 3.45. The van der Waals surface area contributed by atoms with Crippen molar-refractivity contribution < 1.29 is 9.47 Å². The number of piperidine rings is 1. The molecule has 0 aliphatic carbocycles. The minimum Gasteiger partial charge on any atom is -0.493 e. The number of nitrogens with one attached hydrogen (secondary N) is 1. The Morgan fingerprint density at radius 2 is 2.04 bits per heavy atom. The van der Waals surface area contributed by atoms with E-state index in [2.05, 4.69) is 32.3 Å². The Bertz CT molecular complexity index is 766. The summed E-state index contributed by atoms with van der Waals surface area (Å²) >= 11 is 5.96. The maximum atomic E-state index is 5.96. The number of ether oxygens (including phenoxy) is 2. The topological polar surface area (TPSA) is 85.5 Å². The van der Waals surface area contributed by atoms with E-state index >= 15 is 0 Å². The quantitative estimate of drug-likeness (QED) is 0.701. The summed E-state index contributed by atoms with van der Waals surface area (Å²) in [5, 5.41) is 3.68. The highest BCUT2D eigenvalue weighted by molar-refractivity contribution is 6.32. The molecule has 0 unspecified atom stereocenters. The summed E-state index contributed by atoms with van der Waals surface area (Å²) in [6, 6.07) is 6.45. The molecule has 0 bridgehead atoms. The van der Waals surface area contributed by atoms with E-state index in [1.54, 1.807) is 7.11 Å². The largest absolute Gasteiger partial charge is 0.493 e. The third kappa shape index (κ3) is 4.93. The lowest BCUT2D eigenvalue weighted by molar-refractivity contribution is 0.210. The number of likely N-dealkylation sites (tertiary alicyclic amines) is 1. The summed E-state index contributed by atoms with van der Waals surface area (Å²) in [5.41, 5.74) is 7.57. The van der Waals surface area contributed by atoms with Crippen LogP contribution in [0.1, 0.15) is 25.3 Å². The first-order valence-corrected chi connectivity index (χ1v) is 9.53. The fourth-order valence-corrected chi connectivity index (χ4v) is 3.40. The molecule has 146 valence electrons. The smallest absolute Gasteiger partial charge is 0.161 e. The zero-order chi connectivity index (χ0) is 19.2. The number of benzene rings is 1. The molecule has 2 heterocycles. The van der Waals surface area contributed by atoms with E-state index in [4.69, 9.17) is 26.8 Å². The number of hydrogen-bond donors (Lipinski definition) is 2. The molecule has 1 aromatic carbocycles. The first kappa shape index (κ1) is 19.5. The monoisotopic (exact) mass is 391 g/mol. The van der Waals surface area contributed by atoms with Gasteiger partial charge in [-0.3, -0.25) is 4.90 Å². The summed E-state index contributed by atoms with van der Waals surface area (Å²) in [5.74, 6) is 2.18. The highest BCUT2D eigenvalue weighted by atomic mass is 35.5. The minimum absolute atomic E-state index is 0.287. The van der Waals surface area contributed by atoms with Crippen molar-refractivity contribution >= 4 is 23.1 Å². The summed E-state index contributed by atoms with van der Waals surface area (Å²) in [7, 11) is 1.66. The predicted octanol–water partition coefficient (Wildman–Crippen LogP) is 3.20. The van der Waals surface area contributed by atoms with Gasteiger partial charge in [-0.2, -0.15) is 0 Å². The van der Waals surface area contributed by atoms with Gasteiger partial charge in [-0.1, -0.05) is 17.7 Å². The predicted molar refractivity (Wildman–Crippen MR) is 108 cm³/mol. The van der Waals surface area contributed by atoms with Crippen LogP contribution in [0.2, 0.25) is 5.15 Å². The molecular formula is C19H26ClN5O2. The van der Waals surface area contributed by atoms with E-state index in [1.165, 1.54) is 11.9 Å². The summed E-state index contributed by atoms with van der Waals surface area (Å²) in [4.78, 5) is 10.5. The Hall–Kier alpha value is -2.25. The molecule has 0 saturated carbocycles. The lowest BCUT2D eigenvalue weighted by Crippen LogP contribution is -2.38. The SMILES string of the molecule is CCOc1cc(CN2CCC(Nc3ncnc(Cl)c3N)CC2)ccc1OC. The standard InChI is InChI=1S/C19H26ClN5O2/c1-3-27-16-10-13(4-5-15(16)26-2)11-25-8-6-14(7-9-25)24-19-17(21)18(20)22-12-23-19/h4-5,10,12,14H,3,6-9,11,21H2,1-2H3,(H,22,23,24). The van der Waals surface area contributed by atoms with Crippen LogP contribution in [0.4, 0.5) is 11.5 Å². The van der Waals surface area contributed by atoms with Gasteiger partial charge >= 0.3 is 0 Å². The van der Waals surface area contributed by atoms with Gasteiger partial charge in [-0.05, 0) is 37.5 Å². The maximum Gasteiger partial charge on any atom is 0.161 e. The molecule has 0 amide bonds. The van der Waals surface area contributed by atoms with Crippen LogP contribution in [0.15, 0.2) is 24.5 Å². The Morgan fingerprint density at radius 3 is 2.74 bits per heavy atom. The van der Waals surface area contributed by atoms with Crippen LogP contribution in [0.25, 0.3) is 0 Å². The van der Waals surface area contributed by atoms with Gasteiger partial charge in [0.1, 0.15) is 12.0 Å². The van der Waals surface area contributed by atoms with Crippen molar-refractivity contribution in [1.82, 2.24) is 14.9 Å². The Labute approximate surface area is 164 Å². The van der Waals surface area contributed by atoms with Crippen molar-refractivity contribution in [2.45, 2.75) is 32.4 Å². The second kappa shape index (κ2) is 9.10. The third-order valence-electron chi connectivity index (χ3n) is 4.70. The van der Waals surface area contributed by atoms with E-state index in [9.17, 15) is 0 Å². The lowest BCUT2D eigenvalue weighted by atomic mass is 10.0. The molecule has 0 radical (unpaired) electrons. The number of hydrogen-bond acceptors (Lipinski definition) is 7. The molecule has 1 saturated heterocycles. The normalized spacial score (nSPS) is 15.5. The second-order valence-electron chi connectivity index (χ2n) is 6.54. The van der Waals surface area contributed by atoms with Crippen molar-refractivity contribution in [1.29, 1.82) is 0 Å². The first-order chi connectivity index (χ1) is 13.1. The first-order valence-electron chi connectivity index (χ1n) is 9.15. The Balaban J connectivity index is 1.55. The molecule has 3 rings (SSSR count). The zero-order valence-electron chi connectivity index (χ0n) is 15.7. The number of anilines is 2. The number of rotatable bonds is 7. The van der Waals surface area contributed by atoms with Crippen LogP contribution in [-0.2, 0) is 6.54 Å². The molecular weight excluding hydrogens is 366 g/mol. The minimum atomic E-state index is 0.287. The van der Waals surface area contributed by atoms with Gasteiger partial charge in [0.2, 0.25) is 0 Å². The number of methoxy groups -OCH3 is 1. The summed E-state index contributed by atoms with van der Waals surface area (Å²) < 4.78 is 11.0. The molecule has 1 fully saturated rings. The van der Waals surface area contributed by atoms with Gasteiger partial charge in [-0.25, -0.2) is 9.97 Å². The van der Waals surface area contributed by atoms with E-state index in [0.29, 0.717) is 24.2 Å². The van der Waals surface area contributed by atoms with Crippen LogP contribution in [0.5, 0.6) is 11.5 Å². The van der Waals surface area contributed by atoms with Crippen molar-refractivity contribution in [3.63, 3.8) is 0 Å². The molecule has 3 N–H and O–H groups in total. The van der Waals surface area contributed by atoms with Gasteiger partial charge in [-0.15, -0.1) is 0 Å². The van der Waals surface area contributed by atoms with Crippen LogP contribution in [0, 0.1) is 0 Å². The van der Waals surface area contributed by atoms with Crippen molar-refractivity contribution in [3.05, 3.63) is 35.2 Å². The van der Waals surface area contributed by atoms with E-state index in [1.807, 2.05) is 13.0 Å². The van der Waals surface area contributed by atoms with Crippen LogP contribution in [0.3, 0.4) is 0 Å². The molecule has 27 heavy (non-hydrogen) atoms. The van der Waals surface area contributed by atoms with Crippen molar-refractivity contribution in [3.8, 4) is 11.5 Å². The molecule has 1 aromatic heterocycles. The van der Waals surface area contributed by atoms with E-state index < -0.39 is 0 Å². The number of aromatic nitrogens is 2. The maximum absolute atomic E-state index is 5.96. The number of nitrogens with zero attached hydrogens (tertiary/aromatic N) is 3. The molecule has 7 nitrogen and oxygen atoms in total. The molecule has 0 atom stereocenters. The number of nitrogen functional groups attached to an aromatic ring is 1. The Kier molecular flexibility index (Phi) is 6.58. The average molecular weight is 392 g/mol. The van der Waals surface area contributed by atoms with E-state index in [-0.39, 0.29) is 5.15 Å². The van der Waals surface area contributed by atoms with Crippen molar-refractivity contribution in [2.75, 3.05) is 37.9 Å². The van der Waals surface area contributed by atoms with Crippen molar-refractivity contribution in [2.24, 2.45) is 0 Å². The van der Waals surface area contributed by atoms with Crippen LogP contribution < -0.4 is 20.5 Å². The molecule has 0 spiro atoms. The third-order valence-corrected chi connectivity index (χ3v) is 5.00. The zero-order valence-corrected chi connectivity index (χ0v) is 16.5. The summed E-state index contributed by atoms with van der Waals surface area (Å²) in [6.45, 7) is 5.46. The van der Waals surface area contributed by atoms with Gasteiger partial charge in [0, 0.05) is 25.7 Å². The molecule has 8 heteroatoms. The highest BCUT2D eigenvalue weighted by Crippen LogP contribution is 2.29. The van der Waals surface area contributed by atoms with Crippen LogP contribution >= 0.6 is 11.6 Å². The number of halogens is 1. The highest BCUT2D eigenvalue weighted by Gasteiger charge is 2.21. The molecule has 1 aliphatic rings. The van der Waals surface area contributed by atoms with Gasteiger partial charge in [0.25, 0.3) is 0 Å². The fourth-order valence-electron chi connectivity index (χ4n) is 3.26. The average Bonchev–Trinajstić information content (AvgIpc) is 2.67. The Morgan fingerprint density at radius 1 is 1.26 bits per heavy atom. The van der Waals surface area contributed by atoms with Gasteiger partial charge in [0.05, 0.1) is 13.7 Å². The second-order valence-corrected chi connectivity index (χ2v) is 6.90. The van der Waals surface area contributed by atoms with Gasteiger partial charge in [0.15, 0.2) is 22.5 Å². The fraction of sp³-hybridized carbons (Fsp3) is 0.474. The molecule has 1 aliphatic heterocycles. The lowest BCUT2D eigenvalue weighted by Gasteiger charge is -2.32.